The van der Waals surface area contributed by atoms with Crippen LogP contribution in [0.3, 0.4) is 0 Å². The Labute approximate surface area is 124 Å². The molecule has 2 aromatic rings. The van der Waals surface area contributed by atoms with E-state index in [1.807, 2.05) is 39.0 Å². The summed E-state index contributed by atoms with van der Waals surface area (Å²) in [4.78, 5) is 18.9. The number of ether oxygens (including phenoxy) is 1. The number of amides is 1. The van der Waals surface area contributed by atoms with Crippen molar-refractivity contribution in [2.45, 2.75) is 32.3 Å². The Balaban J connectivity index is 2.01. The molecule has 0 aliphatic carbocycles. The molecular formula is C15H22N4O2. The number of alkyl carbamates (subject to hydrolysis) is 1. The molecule has 0 saturated heterocycles. The highest BCUT2D eigenvalue weighted by atomic mass is 16.6. The first-order valence-electron chi connectivity index (χ1n) is 6.99. The van der Waals surface area contributed by atoms with Gasteiger partial charge in [0.25, 0.3) is 0 Å². The van der Waals surface area contributed by atoms with Crippen molar-refractivity contribution in [1.29, 1.82) is 0 Å². The summed E-state index contributed by atoms with van der Waals surface area (Å²) in [6.07, 6.45) is 1.23. The van der Waals surface area contributed by atoms with Gasteiger partial charge in [-0.1, -0.05) is 6.07 Å². The molecule has 1 atom stereocenters. The number of carbonyl (C=O) groups is 1. The van der Waals surface area contributed by atoms with E-state index in [2.05, 4.69) is 15.3 Å². The summed E-state index contributed by atoms with van der Waals surface area (Å²) in [5.74, 6) is 0.0326. The third kappa shape index (κ3) is 4.19. The molecule has 0 aliphatic rings. The van der Waals surface area contributed by atoms with E-state index in [0.29, 0.717) is 13.1 Å². The van der Waals surface area contributed by atoms with E-state index in [0.717, 1.165) is 16.6 Å². The Morgan fingerprint density at radius 2 is 2.24 bits per heavy atom. The van der Waals surface area contributed by atoms with E-state index in [1.165, 1.54) is 0 Å². The Morgan fingerprint density at radius 1 is 1.48 bits per heavy atom. The summed E-state index contributed by atoms with van der Waals surface area (Å²) in [7, 11) is 0. The zero-order valence-electron chi connectivity index (χ0n) is 12.6. The van der Waals surface area contributed by atoms with Crippen LogP contribution in [-0.4, -0.2) is 34.8 Å². The molecule has 0 aliphatic heterocycles. The van der Waals surface area contributed by atoms with Crippen molar-refractivity contribution in [2.75, 3.05) is 13.1 Å². The zero-order chi connectivity index (χ0) is 15.5. The van der Waals surface area contributed by atoms with Crippen molar-refractivity contribution >= 4 is 17.1 Å². The van der Waals surface area contributed by atoms with Gasteiger partial charge in [0, 0.05) is 19.0 Å². The second-order valence-electron chi connectivity index (χ2n) is 5.99. The van der Waals surface area contributed by atoms with Gasteiger partial charge in [-0.3, -0.25) is 0 Å². The lowest BCUT2D eigenvalue weighted by Crippen LogP contribution is -2.36. The van der Waals surface area contributed by atoms with Gasteiger partial charge in [0.1, 0.15) is 5.60 Å². The third-order valence-electron chi connectivity index (χ3n) is 3.09. The van der Waals surface area contributed by atoms with Crippen LogP contribution in [-0.2, 0) is 4.74 Å². The number of nitrogens with zero attached hydrogens (tertiary/aromatic N) is 1. The molecule has 1 aromatic carbocycles. The van der Waals surface area contributed by atoms with Gasteiger partial charge in [0.15, 0.2) is 0 Å². The normalized spacial score (nSPS) is 13.1. The van der Waals surface area contributed by atoms with Gasteiger partial charge in [-0.15, -0.1) is 0 Å². The van der Waals surface area contributed by atoms with E-state index < -0.39 is 11.7 Å². The zero-order valence-corrected chi connectivity index (χ0v) is 12.6. The van der Waals surface area contributed by atoms with Gasteiger partial charge in [0.05, 0.1) is 17.4 Å². The monoisotopic (exact) mass is 290 g/mol. The van der Waals surface area contributed by atoms with Crippen LogP contribution >= 0.6 is 0 Å². The van der Waals surface area contributed by atoms with E-state index >= 15 is 0 Å². The quantitative estimate of drug-likeness (QED) is 0.804. The van der Waals surface area contributed by atoms with E-state index in [9.17, 15) is 4.79 Å². The van der Waals surface area contributed by atoms with Crippen LogP contribution < -0.4 is 11.1 Å². The van der Waals surface area contributed by atoms with Crippen LogP contribution in [0.1, 0.15) is 32.3 Å². The SMILES string of the molecule is CC(C)(C)OC(=O)NCC(CN)c1ccc2nc[nH]c2c1. The van der Waals surface area contributed by atoms with Crippen molar-refractivity contribution in [3.63, 3.8) is 0 Å². The fraction of sp³-hybridized carbons (Fsp3) is 0.467. The predicted molar refractivity (Wildman–Crippen MR) is 82.1 cm³/mol. The number of benzene rings is 1. The Morgan fingerprint density at radius 3 is 2.90 bits per heavy atom. The fourth-order valence-electron chi connectivity index (χ4n) is 2.07. The number of carbonyl (C=O) groups excluding carboxylic acids is 1. The standard InChI is InChI=1S/C15H22N4O2/c1-15(2,3)21-14(20)17-8-11(7-16)10-4-5-12-13(6-10)19-9-18-12/h4-6,9,11H,7-8,16H2,1-3H3,(H,17,20)(H,18,19). The summed E-state index contributed by atoms with van der Waals surface area (Å²) in [5, 5.41) is 2.76. The Hall–Kier alpha value is -2.08. The smallest absolute Gasteiger partial charge is 0.407 e. The number of rotatable bonds is 4. The highest BCUT2D eigenvalue weighted by molar-refractivity contribution is 5.75. The molecule has 1 unspecified atom stereocenters. The van der Waals surface area contributed by atoms with Crippen LogP contribution in [0.25, 0.3) is 11.0 Å². The van der Waals surface area contributed by atoms with Crippen molar-refractivity contribution in [1.82, 2.24) is 15.3 Å². The minimum Gasteiger partial charge on any atom is -0.444 e. The second-order valence-corrected chi connectivity index (χ2v) is 5.99. The van der Waals surface area contributed by atoms with Gasteiger partial charge in [-0.05, 0) is 38.5 Å². The summed E-state index contributed by atoms with van der Waals surface area (Å²) in [6, 6.07) is 5.94. The summed E-state index contributed by atoms with van der Waals surface area (Å²) in [6.45, 7) is 6.37. The van der Waals surface area contributed by atoms with Gasteiger partial charge < -0.3 is 20.8 Å². The Bertz CT molecular complexity index is 615. The first-order valence-corrected chi connectivity index (χ1v) is 6.99. The lowest BCUT2D eigenvalue weighted by atomic mass is 9.99. The number of fused-ring (bicyclic) bond motifs is 1. The average Bonchev–Trinajstić information content (AvgIpc) is 2.84. The maximum absolute atomic E-state index is 11.7. The molecular weight excluding hydrogens is 268 g/mol. The van der Waals surface area contributed by atoms with E-state index in [4.69, 9.17) is 10.5 Å². The number of nitrogens with two attached hydrogens (primary N) is 1. The number of imidazole rings is 1. The molecule has 0 spiro atoms. The number of hydrogen-bond donors (Lipinski definition) is 3. The maximum atomic E-state index is 11.7. The van der Waals surface area contributed by atoms with Gasteiger partial charge in [-0.2, -0.15) is 0 Å². The number of aromatic amines is 1. The molecule has 0 saturated carbocycles. The average molecular weight is 290 g/mol. The minimum absolute atomic E-state index is 0.0326. The maximum Gasteiger partial charge on any atom is 0.407 e. The van der Waals surface area contributed by atoms with Crippen molar-refractivity contribution < 1.29 is 9.53 Å². The molecule has 114 valence electrons. The fourth-order valence-corrected chi connectivity index (χ4v) is 2.07. The lowest BCUT2D eigenvalue weighted by molar-refractivity contribution is 0.0525. The minimum atomic E-state index is -0.503. The van der Waals surface area contributed by atoms with Crippen LogP contribution in [0.4, 0.5) is 4.79 Å². The number of H-pyrrole nitrogens is 1. The van der Waals surface area contributed by atoms with Gasteiger partial charge in [0.2, 0.25) is 0 Å². The van der Waals surface area contributed by atoms with Crippen molar-refractivity contribution in [3.05, 3.63) is 30.1 Å². The molecule has 6 heteroatoms. The topological polar surface area (TPSA) is 93.0 Å². The highest BCUT2D eigenvalue weighted by Crippen LogP contribution is 2.19. The molecule has 6 nitrogen and oxygen atoms in total. The molecule has 1 amide bonds. The van der Waals surface area contributed by atoms with E-state index in [1.54, 1.807) is 6.33 Å². The highest BCUT2D eigenvalue weighted by Gasteiger charge is 2.18. The van der Waals surface area contributed by atoms with Crippen LogP contribution in [0.15, 0.2) is 24.5 Å². The molecule has 2 rings (SSSR count). The van der Waals surface area contributed by atoms with Crippen LogP contribution in [0, 0.1) is 0 Å². The van der Waals surface area contributed by atoms with Crippen molar-refractivity contribution in [3.8, 4) is 0 Å². The van der Waals surface area contributed by atoms with Crippen LogP contribution in [0.2, 0.25) is 0 Å². The molecule has 4 N–H and O–H groups in total. The first-order chi connectivity index (χ1) is 9.89. The number of hydrogen-bond acceptors (Lipinski definition) is 4. The Kier molecular flexibility index (Phi) is 4.47. The second kappa shape index (κ2) is 6.13. The largest absolute Gasteiger partial charge is 0.444 e. The predicted octanol–water partition coefficient (Wildman–Crippen LogP) is 2.13. The molecule has 1 aromatic heterocycles. The molecule has 21 heavy (non-hydrogen) atoms. The molecule has 0 radical (unpaired) electrons. The number of aromatic nitrogens is 2. The van der Waals surface area contributed by atoms with Crippen molar-refractivity contribution in [2.24, 2.45) is 5.73 Å². The number of nitrogens with one attached hydrogen (secondary N) is 2. The molecule has 1 heterocycles. The first kappa shape index (κ1) is 15.3. The summed E-state index contributed by atoms with van der Waals surface area (Å²) >= 11 is 0. The van der Waals surface area contributed by atoms with Gasteiger partial charge >= 0.3 is 6.09 Å². The van der Waals surface area contributed by atoms with Gasteiger partial charge in [-0.25, -0.2) is 9.78 Å². The van der Waals surface area contributed by atoms with Crippen LogP contribution in [0.5, 0.6) is 0 Å². The summed E-state index contributed by atoms with van der Waals surface area (Å²) < 4.78 is 5.22. The molecule has 0 fully saturated rings. The summed E-state index contributed by atoms with van der Waals surface area (Å²) in [5.41, 5.74) is 8.25. The lowest BCUT2D eigenvalue weighted by Gasteiger charge is -2.21. The van der Waals surface area contributed by atoms with E-state index in [-0.39, 0.29) is 5.92 Å². The third-order valence-corrected chi connectivity index (χ3v) is 3.09. The molecule has 0 bridgehead atoms.